The maximum Gasteiger partial charge on any atom is 0.411 e. The van der Waals surface area contributed by atoms with E-state index in [0.717, 1.165) is 48.5 Å². The SMILES string of the molecule is CCC.CCC.CCC.CCC.CSC.CSC.CSC.CSC.CSC.CSC.CSC.CSC.FC(F)(F)C(c1ccccc1)(c1ccccc1)C(F)(F)F.O=C(Oc1ccccc1)c1ccccc1.O=S(=O)(c1ccccc1)c1ccccc1.c1ccc(Sc2ccccc2)cc1.c1ccc2ccccc2c1.c1ccc2ccccc2c1. The van der Waals surface area contributed by atoms with Crippen LogP contribution in [-0.4, -0.2) is 127 Å². The highest BCUT2D eigenvalue weighted by Gasteiger charge is 2.72. The first-order chi connectivity index (χ1) is 57.6. The molecule has 0 amide bonds. The van der Waals surface area contributed by atoms with Crippen LogP contribution in [0.5, 0.6) is 5.75 Å². The highest BCUT2D eigenvalue weighted by atomic mass is 32.2. The van der Waals surface area contributed by atoms with Gasteiger partial charge in [-0.25, -0.2) is 13.2 Å². The van der Waals surface area contributed by atoms with E-state index in [2.05, 4.69) is 201 Å². The minimum Gasteiger partial charge on any atom is -0.423 e. The fraction of sp³-hybridized carbons (Fsp3) is 0.310. The minimum absolute atomic E-state index is 0.330. The Balaban J connectivity index is -0.000000303. The average Bonchev–Trinajstić information content (AvgIpc) is 0.719. The smallest absolute Gasteiger partial charge is 0.411 e. The maximum absolute atomic E-state index is 13.5. The van der Waals surface area contributed by atoms with Crippen LogP contribution >= 0.6 is 106 Å². The molecule has 0 saturated carbocycles. The number of benzene rings is 12. The Morgan fingerprint density at radius 2 is 0.433 bits per heavy atom. The van der Waals surface area contributed by atoms with Crippen molar-refractivity contribution in [3.05, 3.63) is 356 Å². The lowest BCUT2D eigenvalue weighted by Gasteiger charge is -2.38. The van der Waals surface area contributed by atoms with Gasteiger partial charge in [0.2, 0.25) is 15.3 Å². The number of carbonyl (C=O) groups is 1. The van der Waals surface area contributed by atoms with Gasteiger partial charge in [0.15, 0.2) is 0 Å². The summed E-state index contributed by atoms with van der Waals surface area (Å²) in [6.45, 7) is 17.0. The summed E-state index contributed by atoms with van der Waals surface area (Å²) in [6, 6.07) is 99.8. The summed E-state index contributed by atoms with van der Waals surface area (Å²) in [6.07, 6.45) is 26.6. The Hall–Kier alpha value is -6.69. The highest BCUT2D eigenvalue weighted by molar-refractivity contribution is 8.00. The molecule has 4 nitrogen and oxygen atoms in total. The summed E-state index contributed by atoms with van der Waals surface area (Å²) in [4.78, 5) is 14.8. The molecule has 0 spiro atoms. The maximum atomic E-state index is 13.5. The minimum atomic E-state index is -5.52. The Morgan fingerprint density at radius 1 is 0.267 bits per heavy atom. The van der Waals surface area contributed by atoms with Gasteiger partial charge in [-0.3, -0.25) is 0 Å². The molecule has 0 N–H and O–H groups in total. The third-order valence-corrected chi connectivity index (χ3v) is 15.2. The Morgan fingerprint density at radius 3 is 0.633 bits per heavy atom. The second kappa shape index (κ2) is 87.2. The van der Waals surface area contributed by atoms with E-state index in [4.69, 9.17) is 4.74 Å². The molecule has 0 atom stereocenters. The normalized spacial score (nSPS) is 9.45. The number of halogens is 6. The lowest BCUT2D eigenvalue weighted by molar-refractivity contribution is -0.288. The van der Waals surface area contributed by atoms with E-state index in [0.29, 0.717) is 21.1 Å². The molecular weight excluding hydrogens is 1700 g/mol. The fourth-order valence-corrected chi connectivity index (χ4v) is 10.5. The summed E-state index contributed by atoms with van der Waals surface area (Å²) in [5.74, 6) is 0.230. The fourth-order valence-electron chi connectivity index (χ4n) is 8.30. The van der Waals surface area contributed by atoms with E-state index in [1.807, 2.05) is 149 Å². The number of carbonyl (C=O) groups excluding carboxylic acids is 1. The van der Waals surface area contributed by atoms with Gasteiger partial charge in [0, 0.05) is 9.79 Å². The predicted octanol–water partition coefficient (Wildman–Crippen LogP) is 33.5. The summed E-state index contributed by atoms with van der Waals surface area (Å²) >= 11 is 15.8. The van der Waals surface area contributed by atoms with Crippen LogP contribution in [-0.2, 0) is 15.3 Å². The van der Waals surface area contributed by atoms with Gasteiger partial charge in [0.05, 0.1) is 15.4 Å². The summed E-state index contributed by atoms with van der Waals surface area (Å²) in [7, 11) is -3.34. The standard InChI is InChI=1S/C15H10F6.C13H10O2.C12H10O2S.C12H10S.2C10H8.4C3H8.8C2H6S/c16-14(17,18)13(15(19,20)21,11-7-3-1-4-8-11)12-9-5-2-6-10-12;14-13(11-7-3-1-4-8-11)15-12-9-5-2-6-10-12;13-15(14,11-7-3-1-4-8-11)12-9-5-2-6-10-12;1-3-7-11(8-4-1)13-12-9-5-2-6-10-12;2*1-2-6-10-8-4-3-7-9(10)5-1;12*1-3-2/h1-10H;2*1-10H;1-10H;2*1-8H;4*3H2,1-2H3;8*1-2H3. The third kappa shape index (κ3) is 62.4. The first-order valence-electron chi connectivity index (χ1n) is 38.4. The van der Waals surface area contributed by atoms with Crippen LogP contribution in [0.3, 0.4) is 0 Å². The number of esters is 1. The van der Waals surface area contributed by atoms with Crippen molar-refractivity contribution in [2.75, 3.05) is 100 Å². The summed E-state index contributed by atoms with van der Waals surface area (Å²) in [5, 5.41) is 5.24. The zero-order chi connectivity index (χ0) is 92.0. The van der Waals surface area contributed by atoms with Gasteiger partial charge in [-0.2, -0.15) is 120 Å². The number of hydrogen-bond donors (Lipinski definition) is 0. The Bertz CT molecular complexity index is 3820. The number of fused-ring (bicyclic) bond motifs is 2. The van der Waals surface area contributed by atoms with Gasteiger partial charge in [-0.1, -0.05) is 360 Å². The molecule has 0 aromatic heterocycles. The number of ether oxygens (including phenoxy) is 1. The molecule has 12 aromatic carbocycles. The molecule has 0 fully saturated rings. The number of para-hydroxylation sites is 1. The van der Waals surface area contributed by atoms with Crippen LogP contribution in [0.15, 0.2) is 359 Å². The highest BCUT2D eigenvalue weighted by Crippen LogP contribution is 2.56. The third-order valence-electron chi connectivity index (χ3n) is 12.4. The first kappa shape index (κ1) is 124. The number of sulfone groups is 1. The van der Waals surface area contributed by atoms with Crippen molar-refractivity contribution in [2.24, 2.45) is 0 Å². The summed E-state index contributed by atoms with van der Waals surface area (Å²) < 4.78 is 110. The summed E-state index contributed by atoms with van der Waals surface area (Å²) in [5.41, 5.74) is -5.18. The first-order valence-corrected chi connectivity index (χ1v) is 53.8. The molecule has 0 radical (unpaired) electrons. The topological polar surface area (TPSA) is 60.4 Å². The second-order valence-electron chi connectivity index (χ2n) is 24.2. The van der Waals surface area contributed by atoms with E-state index >= 15 is 0 Å². The van der Waals surface area contributed by atoms with E-state index < -0.39 is 38.7 Å². The van der Waals surface area contributed by atoms with Gasteiger partial charge in [0.25, 0.3) is 0 Å². The van der Waals surface area contributed by atoms with E-state index in [1.54, 1.807) is 191 Å². The van der Waals surface area contributed by atoms with Crippen LogP contribution in [0.2, 0.25) is 0 Å². The van der Waals surface area contributed by atoms with Crippen molar-refractivity contribution in [1.82, 2.24) is 0 Å². The molecule has 0 bridgehead atoms. The molecule has 0 aliphatic carbocycles. The number of hydrogen-bond acceptors (Lipinski definition) is 13. The van der Waals surface area contributed by atoms with Crippen LogP contribution in [0, 0.1) is 0 Å². The van der Waals surface area contributed by atoms with E-state index in [-0.39, 0.29) is 5.97 Å². The van der Waals surface area contributed by atoms with E-state index in [1.165, 1.54) is 69.2 Å². The molecule has 20 heteroatoms. The van der Waals surface area contributed by atoms with Crippen molar-refractivity contribution >= 4 is 143 Å². The second-order valence-corrected chi connectivity index (χ2v) is 33.8. The molecule has 0 unspecified atom stereocenters. The Kier molecular flexibility index (Phi) is 90.2. The average molecular weight is 1840 g/mol. The van der Waals surface area contributed by atoms with Gasteiger partial charge >= 0.3 is 18.3 Å². The van der Waals surface area contributed by atoms with Crippen molar-refractivity contribution in [3.8, 4) is 5.75 Å². The molecule has 662 valence electrons. The predicted molar refractivity (Wildman–Crippen MR) is 546 cm³/mol. The van der Waals surface area contributed by atoms with Gasteiger partial charge in [0.1, 0.15) is 5.75 Å². The van der Waals surface area contributed by atoms with Crippen molar-refractivity contribution < 1.29 is 44.3 Å². The van der Waals surface area contributed by atoms with Gasteiger partial charge in [-0.15, -0.1) is 0 Å². The van der Waals surface area contributed by atoms with Gasteiger partial charge < -0.3 is 4.74 Å². The van der Waals surface area contributed by atoms with Crippen molar-refractivity contribution in [3.63, 3.8) is 0 Å². The van der Waals surface area contributed by atoms with Crippen LogP contribution < -0.4 is 4.74 Å². The van der Waals surface area contributed by atoms with Crippen molar-refractivity contribution in [2.45, 2.75) is 118 Å². The zero-order valence-electron chi connectivity index (χ0n) is 75.1. The number of alkyl halides is 6. The zero-order valence-corrected chi connectivity index (χ0v) is 83.3. The van der Waals surface area contributed by atoms with Crippen LogP contribution in [0.4, 0.5) is 26.3 Å². The van der Waals surface area contributed by atoms with Gasteiger partial charge in [-0.05, 0) is 206 Å². The molecule has 0 aliphatic heterocycles. The van der Waals surface area contributed by atoms with Crippen LogP contribution in [0.25, 0.3) is 21.5 Å². The van der Waals surface area contributed by atoms with Crippen LogP contribution in [0.1, 0.15) is 103 Å². The molecule has 0 heterocycles. The Labute approximate surface area is 761 Å². The molecule has 120 heavy (non-hydrogen) atoms. The van der Waals surface area contributed by atoms with E-state index in [9.17, 15) is 39.6 Å². The largest absolute Gasteiger partial charge is 0.423 e. The monoisotopic (exact) mass is 1830 g/mol. The number of thioether (sulfide) groups is 8. The van der Waals surface area contributed by atoms with Crippen molar-refractivity contribution in [1.29, 1.82) is 0 Å². The molecule has 12 aromatic rings. The quantitative estimate of drug-likeness (QED) is 0.0825. The molecule has 0 aliphatic rings. The molecule has 0 saturated heterocycles. The molecule has 12 rings (SSSR count). The lowest BCUT2D eigenvalue weighted by atomic mass is 9.73. The molecular formula is C100H136F6O4S10. The lowest BCUT2D eigenvalue weighted by Crippen LogP contribution is -2.54. The number of rotatable bonds is 8.